The molecule has 7 heteroatoms. The van der Waals surface area contributed by atoms with Gasteiger partial charge in [0.15, 0.2) is 17.4 Å². The second kappa shape index (κ2) is 10.2. The zero-order valence-electron chi connectivity index (χ0n) is 23.1. The number of hydrogen-bond acceptors (Lipinski definition) is 5. The fraction of sp³-hybridized carbons (Fsp3) is 0.677. The maximum Gasteiger partial charge on any atom is 0.309 e. The van der Waals surface area contributed by atoms with Crippen molar-refractivity contribution in [3.63, 3.8) is 0 Å². The van der Waals surface area contributed by atoms with Crippen LogP contribution in [0.1, 0.15) is 66.7 Å². The lowest BCUT2D eigenvalue weighted by atomic mass is 9.45. The highest BCUT2D eigenvalue weighted by atomic mass is 32.2. The molecule has 0 radical (unpaired) electrons. The van der Waals surface area contributed by atoms with Crippen LogP contribution in [0.2, 0.25) is 0 Å². The Balaban J connectivity index is 1.44. The Hall–Kier alpha value is -1.91. The fourth-order valence-electron chi connectivity index (χ4n) is 7.97. The lowest BCUT2D eigenvalue weighted by Crippen LogP contribution is -2.66. The van der Waals surface area contributed by atoms with Crippen LogP contribution in [0.5, 0.6) is 0 Å². The van der Waals surface area contributed by atoms with Crippen molar-refractivity contribution in [1.82, 2.24) is 0 Å². The number of rotatable bonds is 5. The lowest BCUT2D eigenvalue weighted by Gasteiger charge is -2.62. The molecule has 0 aliphatic heterocycles. The van der Waals surface area contributed by atoms with E-state index < -0.39 is 34.2 Å². The van der Waals surface area contributed by atoms with Gasteiger partial charge in [0.25, 0.3) is 0 Å². The molecule has 0 amide bonds. The number of carbonyl (C=O) groups is 2. The number of allylic oxidation sites excluding steroid dienone is 5. The summed E-state index contributed by atoms with van der Waals surface area (Å²) in [4.78, 5) is 25.0. The molecule has 4 aliphatic carbocycles. The number of fused-ring (bicyclic) bond motifs is 5. The Bertz CT molecular complexity index is 1130. The van der Waals surface area contributed by atoms with Gasteiger partial charge in [-0.2, -0.15) is 0 Å². The van der Waals surface area contributed by atoms with Crippen LogP contribution in [-0.2, 0) is 14.3 Å². The Kier molecular flexibility index (Phi) is 7.84. The third-order valence-electron chi connectivity index (χ3n) is 9.61. The highest BCUT2D eigenvalue weighted by molar-refractivity contribution is 8.13. The van der Waals surface area contributed by atoms with E-state index in [4.69, 9.17) is 4.74 Å². The first-order chi connectivity index (χ1) is 17.6. The monoisotopic (exact) mass is 546 g/mol. The summed E-state index contributed by atoms with van der Waals surface area (Å²) >= 11 is 1.13. The summed E-state index contributed by atoms with van der Waals surface area (Å²) in [6.07, 6.45) is 6.64. The van der Waals surface area contributed by atoms with E-state index in [1.165, 1.54) is 13.8 Å². The minimum Gasteiger partial charge on any atom is -0.452 e. The second-order valence-electron chi connectivity index (χ2n) is 12.7. The number of hydrogen-bond donors (Lipinski definition) is 1. The number of esters is 1. The van der Waals surface area contributed by atoms with Gasteiger partial charge in [-0.3, -0.25) is 9.59 Å². The third kappa shape index (κ3) is 4.92. The van der Waals surface area contributed by atoms with E-state index in [1.807, 2.05) is 25.2 Å². The van der Waals surface area contributed by atoms with Crippen LogP contribution < -0.4 is 0 Å². The smallest absolute Gasteiger partial charge is 0.309 e. The predicted octanol–water partition coefficient (Wildman–Crippen LogP) is 6.15. The first-order valence-corrected chi connectivity index (χ1v) is 14.5. The molecule has 0 saturated heterocycles. The molecule has 0 aromatic heterocycles. The molecule has 38 heavy (non-hydrogen) atoms. The first-order valence-electron chi connectivity index (χ1n) is 13.6. The van der Waals surface area contributed by atoms with E-state index in [0.717, 1.165) is 35.7 Å². The number of aliphatic hydroxyl groups is 1. The molecule has 0 spiro atoms. The van der Waals surface area contributed by atoms with Crippen LogP contribution >= 0.6 is 11.8 Å². The van der Waals surface area contributed by atoms with Gasteiger partial charge in [0.2, 0.25) is 0 Å². The number of thioether (sulfide) groups is 1. The van der Waals surface area contributed by atoms with Gasteiger partial charge in [0.05, 0.1) is 18.3 Å². The quantitative estimate of drug-likeness (QED) is 0.331. The molecule has 0 bridgehead atoms. The largest absolute Gasteiger partial charge is 0.452 e. The Morgan fingerprint density at radius 1 is 1.29 bits per heavy atom. The minimum atomic E-state index is -1.79. The van der Waals surface area contributed by atoms with Crippen molar-refractivity contribution in [3.05, 3.63) is 36.0 Å². The second-order valence-corrected chi connectivity index (χ2v) is 13.7. The van der Waals surface area contributed by atoms with Gasteiger partial charge in [-0.25, -0.2) is 8.78 Å². The van der Waals surface area contributed by atoms with Gasteiger partial charge in [-0.05, 0) is 69.3 Å². The number of aliphatic hydroxyl groups excluding tert-OH is 1. The molecule has 4 rings (SSSR count). The topological polar surface area (TPSA) is 63.6 Å². The van der Waals surface area contributed by atoms with Crippen molar-refractivity contribution in [2.75, 3.05) is 12.4 Å². The van der Waals surface area contributed by atoms with Crippen LogP contribution in [0.25, 0.3) is 0 Å². The van der Waals surface area contributed by atoms with Crippen molar-refractivity contribution in [2.24, 2.45) is 34.5 Å². The van der Waals surface area contributed by atoms with Crippen molar-refractivity contribution < 1.29 is 28.2 Å². The average Bonchev–Trinajstić information content (AvgIpc) is 3.06. The molecule has 0 heterocycles. The van der Waals surface area contributed by atoms with Gasteiger partial charge >= 0.3 is 5.97 Å². The Morgan fingerprint density at radius 2 is 2.00 bits per heavy atom. The fourth-order valence-corrected chi connectivity index (χ4v) is 8.96. The normalized spacial score (nSPS) is 39.7. The highest BCUT2D eigenvalue weighted by Crippen LogP contribution is 2.70. The van der Waals surface area contributed by atoms with Gasteiger partial charge in [-0.15, -0.1) is 0 Å². The predicted molar refractivity (Wildman–Crippen MR) is 147 cm³/mol. The number of alkyl halides is 2. The van der Waals surface area contributed by atoms with Gasteiger partial charge < -0.3 is 9.84 Å². The van der Waals surface area contributed by atoms with Gasteiger partial charge in [-0.1, -0.05) is 67.8 Å². The van der Waals surface area contributed by atoms with E-state index in [-0.39, 0.29) is 54.0 Å². The van der Waals surface area contributed by atoms with Crippen LogP contribution in [0.15, 0.2) is 36.0 Å². The zero-order chi connectivity index (χ0) is 28.1. The summed E-state index contributed by atoms with van der Waals surface area (Å²) in [5.41, 5.74) is -2.94. The minimum absolute atomic E-state index is 0.00241. The van der Waals surface area contributed by atoms with Crippen molar-refractivity contribution >= 4 is 22.8 Å². The van der Waals surface area contributed by atoms with E-state index in [1.54, 1.807) is 0 Å². The lowest BCUT2D eigenvalue weighted by molar-refractivity contribution is -0.194. The molecule has 208 valence electrons. The first kappa shape index (κ1) is 29.1. The molecule has 0 aromatic rings. The van der Waals surface area contributed by atoms with E-state index in [9.17, 15) is 19.1 Å². The number of carbonyl (C=O) groups excluding carboxylic acids is 2. The van der Waals surface area contributed by atoms with E-state index in [2.05, 4.69) is 32.3 Å². The maximum absolute atomic E-state index is 17.3. The standard InChI is InChI=1S/C31H40F2O4S/c1-19-11-12-30(6)21(15-19)9-10-22-23-16-20(2)26(29(23,5)17-24(34)31(22,30)33)27(36)38-14-8-7-13-37-25(35)18-28(3,4)32/h11-12,15,20,22-24,26,34H,1,9-10,13-14,16-18H2,2-6H3. The van der Waals surface area contributed by atoms with Gasteiger partial charge in [0, 0.05) is 17.3 Å². The summed E-state index contributed by atoms with van der Waals surface area (Å²) in [5.74, 6) is 4.60. The molecular formula is C31H40F2O4S. The number of halogens is 2. The molecule has 1 N–H and O–H groups in total. The molecule has 3 saturated carbocycles. The summed E-state index contributed by atoms with van der Waals surface area (Å²) in [6, 6.07) is 0. The maximum atomic E-state index is 17.3. The summed E-state index contributed by atoms with van der Waals surface area (Å²) in [6.45, 7) is 12.5. The Labute approximate surface area is 229 Å². The summed E-state index contributed by atoms with van der Waals surface area (Å²) in [5, 5.41) is 11.5. The molecule has 8 atom stereocenters. The molecule has 4 aliphatic rings. The molecular weight excluding hydrogens is 506 g/mol. The van der Waals surface area contributed by atoms with Crippen molar-refractivity contribution in [1.29, 1.82) is 0 Å². The van der Waals surface area contributed by atoms with E-state index in [0.29, 0.717) is 6.42 Å². The van der Waals surface area contributed by atoms with Gasteiger partial charge in [0.1, 0.15) is 5.67 Å². The average molecular weight is 547 g/mol. The molecule has 3 fully saturated rings. The molecule has 0 aromatic carbocycles. The Morgan fingerprint density at radius 3 is 2.68 bits per heavy atom. The SMILES string of the molecule is C=C1C=CC2(C)C(=C1)CCC1C3CC(C)C(C(=O)SCC#CCOC(=O)CC(C)(C)F)C3(C)CC(O)C12F. The summed E-state index contributed by atoms with van der Waals surface area (Å²) in [7, 11) is 0. The van der Waals surface area contributed by atoms with Crippen molar-refractivity contribution in [3.8, 4) is 11.8 Å². The molecule has 4 nitrogen and oxygen atoms in total. The van der Waals surface area contributed by atoms with Crippen LogP contribution in [-0.4, -0.2) is 46.0 Å². The summed E-state index contributed by atoms with van der Waals surface area (Å²) < 4.78 is 35.7. The zero-order valence-corrected chi connectivity index (χ0v) is 23.9. The van der Waals surface area contributed by atoms with Crippen LogP contribution in [0.3, 0.4) is 0 Å². The highest BCUT2D eigenvalue weighted by Gasteiger charge is 2.71. The van der Waals surface area contributed by atoms with Crippen LogP contribution in [0, 0.1) is 46.3 Å². The van der Waals surface area contributed by atoms with Crippen molar-refractivity contribution in [2.45, 2.75) is 84.2 Å². The van der Waals surface area contributed by atoms with E-state index >= 15 is 4.39 Å². The van der Waals surface area contributed by atoms with Crippen LogP contribution in [0.4, 0.5) is 8.78 Å². The number of ether oxygens (including phenoxy) is 1. The third-order valence-corrected chi connectivity index (χ3v) is 10.4. The molecule has 8 unspecified atom stereocenters.